The number of amides is 1. The van der Waals surface area contributed by atoms with Crippen LogP contribution in [0.2, 0.25) is 0 Å². The molecule has 1 aliphatic rings. The summed E-state index contributed by atoms with van der Waals surface area (Å²) >= 11 is 0. The number of likely N-dealkylation sites (tertiary alicyclic amines) is 1. The molecular weight excluding hydrogens is 289 g/mol. The highest BCUT2D eigenvalue weighted by atomic mass is 19.1. The van der Waals surface area contributed by atoms with Crippen molar-refractivity contribution in [3.8, 4) is 0 Å². The SMILES string of the molecule is O=C(O)CCC(=O)N1CC[C@H](Cc2ccc(F)cc2)[C@@H](O)C1. The van der Waals surface area contributed by atoms with Crippen LogP contribution >= 0.6 is 0 Å². The summed E-state index contributed by atoms with van der Waals surface area (Å²) in [5.41, 5.74) is 0.955. The lowest BCUT2D eigenvalue weighted by atomic mass is 9.87. The molecule has 1 fully saturated rings. The molecule has 0 radical (unpaired) electrons. The molecule has 0 aliphatic carbocycles. The molecule has 5 nitrogen and oxygen atoms in total. The van der Waals surface area contributed by atoms with E-state index in [1.807, 2.05) is 0 Å². The van der Waals surface area contributed by atoms with Crippen molar-refractivity contribution >= 4 is 11.9 Å². The number of aliphatic carboxylic acids is 1. The normalized spacial score (nSPS) is 21.6. The first-order valence-corrected chi connectivity index (χ1v) is 7.38. The monoisotopic (exact) mass is 309 g/mol. The maximum Gasteiger partial charge on any atom is 0.303 e. The van der Waals surface area contributed by atoms with E-state index in [0.717, 1.165) is 5.56 Å². The van der Waals surface area contributed by atoms with E-state index in [9.17, 15) is 19.1 Å². The van der Waals surface area contributed by atoms with Crippen molar-refractivity contribution in [1.29, 1.82) is 0 Å². The first-order valence-electron chi connectivity index (χ1n) is 7.38. The summed E-state index contributed by atoms with van der Waals surface area (Å²) in [5, 5.41) is 18.8. The number of rotatable bonds is 5. The minimum Gasteiger partial charge on any atom is -0.481 e. The molecule has 6 heteroatoms. The number of carbonyl (C=O) groups is 2. The molecule has 2 rings (SSSR count). The van der Waals surface area contributed by atoms with Crippen LogP contribution in [0.25, 0.3) is 0 Å². The van der Waals surface area contributed by atoms with Gasteiger partial charge in [-0.1, -0.05) is 12.1 Å². The molecule has 0 spiro atoms. The van der Waals surface area contributed by atoms with Gasteiger partial charge in [0.15, 0.2) is 0 Å². The maximum absolute atomic E-state index is 12.9. The van der Waals surface area contributed by atoms with Gasteiger partial charge in [-0.15, -0.1) is 0 Å². The van der Waals surface area contributed by atoms with Crippen LogP contribution < -0.4 is 0 Å². The van der Waals surface area contributed by atoms with Crippen LogP contribution in [0.3, 0.4) is 0 Å². The molecule has 2 atom stereocenters. The number of carbonyl (C=O) groups excluding carboxylic acids is 1. The van der Waals surface area contributed by atoms with Crippen LogP contribution in [-0.2, 0) is 16.0 Å². The Morgan fingerprint density at radius 3 is 2.50 bits per heavy atom. The van der Waals surface area contributed by atoms with Gasteiger partial charge in [-0.2, -0.15) is 0 Å². The summed E-state index contributed by atoms with van der Waals surface area (Å²) in [6.07, 6.45) is 0.415. The Kier molecular flexibility index (Phi) is 5.49. The minimum absolute atomic E-state index is 0.0222. The fraction of sp³-hybridized carbons (Fsp3) is 0.500. The van der Waals surface area contributed by atoms with Gasteiger partial charge < -0.3 is 15.1 Å². The molecule has 1 aromatic rings. The smallest absolute Gasteiger partial charge is 0.303 e. The number of nitrogens with zero attached hydrogens (tertiary/aromatic N) is 1. The van der Waals surface area contributed by atoms with Crippen molar-refractivity contribution in [1.82, 2.24) is 4.90 Å². The van der Waals surface area contributed by atoms with Crippen molar-refractivity contribution in [2.45, 2.75) is 31.8 Å². The van der Waals surface area contributed by atoms with Gasteiger partial charge in [0, 0.05) is 19.5 Å². The largest absolute Gasteiger partial charge is 0.481 e. The molecule has 0 saturated carbocycles. The Labute approximate surface area is 128 Å². The Bertz CT molecular complexity index is 531. The van der Waals surface area contributed by atoms with E-state index in [1.54, 1.807) is 12.1 Å². The van der Waals surface area contributed by atoms with Crippen molar-refractivity contribution < 1.29 is 24.2 Å². The van der Waals surface area contributed by atoms with Crippen LogP contribution in [0, 0.1) is 11.7 Å². The second-order valence-electron chi connectivity index (χ2n) is 5.68. The van der Waals surface area contributed by atoms with Crippen LogP contribution in [0.1, 0.15) is 24.8 Å². The van der Waals surface area contributed by atoms with E-state index < -0.39 is 12.1 Å². The highest BCUT2D eigenvalue weighted by Gasteiger charge is 2.30. The molecule has 1 aromatic carbocycles. The van der Waals surface area contributed by atoms with Crippen molar-refractivity contribution in [3.63, 3.8) is 0 Å². The van der Waals surface area contributed by atoms with E-state index in [0.29, 0.717) is 19.4 Å². The van der Waals surface area contributed by atoms with Gasteiger partial charge in [-0.05, 0) is 36.5 Å². The number of carboxylic acid groups (broad SMARTS) is 1. The number of halogens is 1. The lowest BCUT2D eigenvalue weighted by molar-refractivity contribution is -0.142. The number of piperidine rings is 1. The summed E-state index contributed by atoms with van der Waals surface area (Å²) in [5.74, 6) is -1.50. The molecule has 0 unspecified atom stereocenters. The molecule has 1 saturated heterocycles. The van der Waals surface area contributed by atoms with Gasteiger partial charge >= 0.3 is 5.97 Å². The quantitative estimate of drug-likeness (QED) is 0.863. The predicted molar refractivity (Wildman–Crippen MR) is 77.7 cm³/mol. The van der Waals surface area contributed by atoms with Crippen LogP contribution in [0.15, 0.2) is 24.3 Å². The van der Waals surface area contributed by atoms with Crippen LogP contribution in [0.5, 0.6) is 0 Å². The fourth-order valence-corrected chi connectivity index (χ4v) is 2.74. The number of aliphatic hydroxyl groups excluding tert-OH is 1. The van der Waals surface area contributed by atoms with Gasteiger partial charge in [0.1, 0.15) is 5.82 Å². The summed E-state index contributed by atoms with van der Waals surface area (Å²) in [7, 11) is 0. The fourth-order valence-electron chi connectivity index (χ4n) is 2.74. The maximum atomic E-state index is 12.9. The summed E-state index contributed by atoms with van der Waals surface area (Å²) < 4.78 is 12.9. The Morgan fingerprint density at radius 1 is 1.23 bits per heavy atom. The molecule has 1 amide bonds. The van der Waals surface area contributed by atoms with Crippen molar-refractivity contribution in [2.24, 2.45) is 5.92 Å². The summed E-state index contributed by atoms with van der Waals surface area (Å²) in [6, 6.07) is 6.19. The van der Waals surface area contributed by atoms with E-state index in [4.69, 9.17) is 5.11 Å². The highest BCUT2D eigenvalue weighted by Crippen LogP contribution is 2.23. The average Bonchev–Trinajstić information content (AvgIpc) is 2.49. The van der Waals surface area contributed by atoms with Crippen molar-refractivity contribution in [2.75, 3.05) is 13.1 Å². The summed E-state index contributed by atoms with van der Waals surface area (Å²) in [6.45, 7) is 0.742. The molecule has 1 heterocycles. The molecule has 120 valence electrons. The molecule has 2 N–H and O–H groups in total. The molecular formula is C16H20FNO4. The Hall–Kier alpha value is -1.95. The molecule has 0 aromatic heterocycles. The molecule has 1 aliphatic heterocycles. The number of hydrogen-bond donors (Lipinski definition) is 2. The first kappa shape index (κ1) is 16.4. The van der Waals surface area contributed by atoms with Crippen LogP contribution in [0.4, 0.5) is 4.39 Å². The zero-order valence-electron chi connectivity index (χ0n) is 12.2. The topological polar surface area (TPSA) is 77.8 Å². The molecule has 22 heavy (non-hydrogen) atoms. The van der Waals surface area contributed by atoms with Gasteiger partial charge in [-0.3, -0.25) is 9.59 Å². The second kappa shape index (κ2) is 7.35. The lowest BCUT2D eigenvalue weighted by Gasteiger charge is -2.36. The third-order valence-electron chi connectivity index (χ3n) is 4.04. The standard InChI is InChI=1S/C16H20FNO4/c17-13-3-1-11(2-4-13)9-12-7-8-18(10-14(12)19)15(20)5-6-16(21)22/h1-4,12,14,19H,5-10H2,(H,21,22)/t12-,14+/m1/s1. The second-order valence-corrected chi connectivity index (χ2v) is 5.68. The van der Waals surface area contributed by atoms with E-state index >= 15 is 0 Å². The average molecular weight is 309 g/mol. The van der Waals surface area contributed by atoms with Gasteiger partial charge in [0.05, 0.1) is 12.5 Å². The number of carboxylic acids is 1. The zero-order chi connectivity index (χ0) is 16.1. The Balaban J connectivity index is 1.85. The zero-order valence-corrected chi connectivity index (χ0v) is 12.2. The predicted octanol–water partition coefficient (Wildman–Crippen LogP) is 1.44. The summed E-state index contributed by atoms with van der Waals surface area (Å²) in [4.78, 5) is 23.9. The highest BCUT2D eigenvalue weighted by molar-refractivity contribution is 5.80. The van der Waals surface area contributed by atoms with Gasteiger partial charge in [0.25, 0.3) is 0 Å². The molecule has 0 bridgehead atoms. The Morgan fingerprint density at radius 2 is 1.91 bits per heavy atom. The minimum atomic E-state index is -1.000. The number of hydrogen-bond acceptors (Lipinski definition) is 3. The third-order valence-corrected chi connectivity index (χ3v) is 4.04. The van der Waals surface area contributed by atoms with E-state index in [1.165, 1.54) is 17.0 Å². The van der Waals surface area contributed by atoms with Gasteiger partial charge in [-0.25, -0.2) is 4.39 Å². The number of benzene rings is 1. The van der Waals surface area contributed by atoms with E-state index in [2.05, 4.69) is 0 Å². The van der Waals surface area contributed by atoms with Gasteiger partial charge in [0.2, 0.25) is 5.91 Å². The number of aliphatic hydroxyl groups is 1. The first-order chi connectivity index (χ1) is 10.5. The van der Waals surface area contributed by atoms with E-state index in [-0.39, 0.29) is 37.0 Å². The third kappa shape index (κ3) is 4.53. The van der Waals surface area contributed by atoms with Crippen molar-refractivity contribution in [3.05, 3.63) is 35.6 Å². The lowest BCUT2D eigenvalue weighted by Crippen LogP contribution is -2.47. The van der Waals surface area contributed by atoms with Crippen LogP contribution in [-0.4, -0.2) is 46.2 Å². The number of β-amino-alcohol motifs (C(OH)–C–C–N with tert-alkyl or cyclic N) is 1.